The molecule has 0 aliphatic heterocycles. The highest BCUT2D eigenvalue weighted by atomic mass is 19.4. The third-order valence-corrected chi connectivity index (χ3v) is 4.81. The second-order valence-electron chi connectivity index (χ2n) is 8.59. The fourth-order valence-corrected chi connectivity index (χ4v) is 2.91. The second-order valence-corrected chi connectivity index (χ2v) is 8.59. The van der Waals surface area contributed by atoms with E-state index in [1.165, 1.54) is 33.0 Å². The van der Waals surface area contributed by atoms with Gasteiger partial charge in [-0.2, -0.15) is 23.5 Å². The van der Waals surface area contributed by atoms with Crippen LogP contribution >= 0.6 is 0 Å². The summed E-state index contributed by atoms with van der Waals surface area (Å²) >= 11 is 0. The molecule has 31 heavy (non-hydrogen) atoms. The maximum absolute atomic E-state index is 12.8. The number of nitriles is 1. The van der Waals surface area contributed by atoms with Crippen molar-refractivity contribution in [2.45, 2.75) is 64.3 Å². The standard InChI is InChI=1S/C19H25F3N6O3/c1-18(2,3)14(27-17(31)19(20,21)22)16(30)25-12(8-10-4-5-10)15(29)26-13(9-23)11-6-7-24-28-11/h6-7,10,12-14H,4-5,8H2,1-3H3,(H,24,28)(H,25,30)(H,26,29)(H,27,31). The van der Waals surface area contributed by atoms with Gasteiger partial charge in [0.25, 0.3) is 0 Å². The van der Waals surface area contributed by atoms with Crippen LogP contribution in [0.4, 0.5) is 13.2 Å². The van der Waals surface area contributed by atoms with E-state index in [-0.39, 0.29) is 12.3 Å². The number of aromatic amines is 1. The monoisotopic (exact) mass is 442 g/mol. The van der Waals surface area contributed by atoms with Crippen molar-refractivity contribution >= 4 is 17.7 Å². The molecule has 4 N–H and O–H groups in total. The Labute approximate surface area is 177 Å². The van der Waals surface area contributed by atoms with Crippen LogP contribution in [0.1, 0.15) is 51.8 Å². The third-order valence-electron chi connectivity index (χ3n) is 4.81. The molecule has 0 bridgehead atoms. The number of halogens is 3. The minimum absolute atomic E-state index is 0.182. The SMILES string of the molecule is CC(C)(C)C(NC(=O)C(F)(F)F)C(=O)NC(CC1CC1)C(=O)NC(C#N)c1ccn[nH]1. The van der Waals surface area contributed by atoms with Crippen molar-refractivity contribution in [3.8, 4) is 6.07 Å². The molecule has 1 aliphatic rings. The van der Waals surface area contributed by atoms with Crippen molar-refractivity contribution in [2.75, 3.05) is 0 Å². The lowest BCUT2D eigenvalue weighted by Crippen LogP contribution is -2.59. The molecule has 1 aromatic rings. The molecule has 1 fully saturated rings. The van der Waals surface area contributed by atoms with Crippen LogP contribution in [0, 0.1) is 22.7 Å². The Morgan fingerprint density at radius 2 is 1.84 bits per heavy atom. The first-order chi connectivity index (χ1) is 14.3. The Balaban J connectivity index is 2.15. The van der Waals surface area contributed by atoms with Crippen LogP contribution < -0.4 is 16.0 Å². The largest absolute Gasteiger partial charge is 0.471 e. The first kappa shape index (κ1) is 24.2. The van der Waals surface area contributed by atoms with E-state index in [0.717, 1.165) is 12.8 Å². The van der Waals surface area contributed by atoms with E-state index in [0.29, 0.717) is 5.69 Å². The molecule has 2 rings (SSSR count). The topological polar surface area (TPSA) is 140 Å². The summed E-state index contributed by atoms with van der Waals surface area (Å²) in [5.74, 6) is -3.63. The molecule has 1 heterocycles. The van der Waals surface area contributed by atoms with Gasteiger partial charge in [-0.1, -0.05) is 33.6 Å². The molecule has 3 amide bonds. The van der Waals surface area contributed by atoms with Gasteiger partial charge in [-0.15, -0.1) is 0 Å². The number of nitrogens with one attached hydrogen (secondary N) is 4. The lowest BCUT2D eigenvalue weighted by atomic mass is 9.85. The zero-order valence-corrected chi connectivity index (χ0v) is 17.3. The zero-order chi connectivity index (χ0) is 23.4. The third kappa shape index (κ3) is 6.97. The van der Waals surface area contributed by atoms with Crippen LogP contribution in [0.3, 0.4) is 0 Å². The van der Waals surface area contributed by atoms with Crippen molar-refractivity contribution in [2.24, 2.45) is 11.3 Å². The molecular formula is C19H25F3N6O3. The Hall–Kier alpha value is -3.10. The van der Waals surface area contributed by atoms with E-state index >= 15 is 0 Å². The van der Waals surface area contributed by atoms with Gasteiger partial charge in [0.15, 0.2) is 6.04 Å². The number of rotatable bonds is 8. The number of aromatic nitrogens is 2. The summed E-state index contributed by atoms with van der Waals surface area (Å²) in [6.45, 7) is 4.48. The molecule has 0 saturated heterocycles. The maximum atomic E-state index is 12.8. The van der Waals surface area contributed by atoms with Gasteiger partial charge in [-0.25, -0.2) is 0 Å². The number of hydrogen-bond donors (Lipinski definition) is 4. The van der Waals surface area contributed by atoms with Gasteiger partial charge < -0.3 is 16.0 Å². The van der Waals surface area contributed by atoms with Crippen LogP contribution in [-0.2, 0) is 14.4 Å². The summed E-state index contributed by atoms with van der Waals surface area (Å²) in [4.78, 5) is 37.0. The average Bonchev–Trinajstić information content (AvgIpc) is 3.30. The first-order valence-corrected chi connectivity index (χ1v) is 9.70. The van der Waals surface area contributed by atoms with Crippen LogP contribution in [0.5, 0.6) is 0 Å². The van der Waals surface area contributed by atoms with Crippen molar-refractivity contribution in [1.82, 2.24) is 26.1 Å². The quantitative estimate of drug-likeness (QED) is 0.483. The van der Waals surface area contributed by atoms with Crippen LogP contribution in [0.25, 0.3) is 0 Å². The van der Waals surface area contributed by atoms with Crippen molar-refractivity contribution in [3.63, 3.8) is 0 Å². The van der Waals surface area contributed by atoms with E-state index in [1.807, 2.05) is 6.07 Å². The number of carbonyl (C=O) groups is 3. The zero-order valence-electron chi connectivity index (χ0n) is 17.3. The van der Waals surface area contributed by atoms with E-state index in [9.17, 15) is 32.8 Å². The maximum Gasteiger partial charge on any atom is 0.471 e. The van der Waals surface area contributed by atoms with Crippen molar-refractivity contribution < 1.29 is 27.6 Å². The Bertz CT molecular complexity index is 838. The van der Waals surface area contributed by atoms with Crippen LogP contribution in [0.2, 0.25) is 0 Å². The molecule has 9 nitrogen and oxygen atoms in total. The van der Waals surface area contributed by atoms with Gasteiger partial charge in [0.2, 0.25) is 11.8 Å². The summed E-state index contributed by atoms with van der Waals surface area (Å²) in [6.07, 6.45) is -1.77. The van der Waals surface area contributed by atoms with Crippen LogP contribution in [0.15, 0.2) is 12.3 Å². The molecule has 1 aliphatic carbocycles. The average molecular weight is 442 g/mol. The van der Waals surface area contributed by atoms with Crippen molar-refractivity contribution in [3.05, 3.63) is 18.0 Å². The number of carbonyl (C=O) groups excluding carboxylic acids is 3. The minimum atomic E-state index is -5.15. The molecule has 3 atom stereocenters. The highest BCUT2D eigenvalue weighted by Crippen LogP contribution is 2.34. The lowest BCUT2D eigenvalue weighted by molar-refractivity contribution is -0.175. The summed E-state index contributed by atoms with van der Waals surface area (Å²) in [5.41, 5.74) is -0.714. The van der Waals surface area contributed by atoms with Gasteiger partial charge in [0, 0.05) is 6.20 Å². The number of H-pyrrole nitrogens is 1. The van der Waals surface area contributed by atoms with E-state index in [4.69, 9.17) is 0 Å². The fourth-order valence-electron chi connectivity index (χ4n) is 2.91. The molecule has 3 unspecified atom stereocenters. The van der Waals surface area contributed by atoms with Gasteiger partial charge in [-0.3, -0.25) is 19.5 Å². The van der Waals surface area contributed by atoms with Crippen LogP contribution in [-0.4, -0.2) is 46.2 Å². The van der Waals surface area contributed by atoms with E-state index < -0.39 is 47.4 Å². The van der Waals surface area contributed by atoms with E-state index in [1.54, 1.807) is 5.32 Å². The number of hydrogen-bond acceptors (Lipinski definition) is 5. The summed E-state index contributed by atoms with van der Waals surface area (Å²) in [6, 6.07) is -0.245. The fraction of sp³-hybridized carbons (Fsp3) is 0.632. The summed E-state index contributed by atoms with van der Waals surface area (Å²) < 4.78 is 38.1. The van der Waals surface area contributed by atoms with Gasteiger partial charge in [-0.05, 0) is 23.8 Å². The number of nitrogens with zero attached hydrogens (tertiary/aromatic N) is 2. The predicted octanol–water partition coefficient (Wildman–Crippen LogP) is 1.47. The normalized spacial score (nSPS) is 17.1. The Kier molecular flexibility index (Phi) is 7.30. The smallest absolute Gasteiger partial charge is 0.342 e. The van der Waals surface area contributed by atoms with Gasteiger partial charge in [0.05, 0.1) is 11.8 Å². The number of alkyl halides is 3. The molecule has 0 spiro atoms. The Morgan fingerprint density at radius 3 is 2.29 bits per heavy atom. The van der Waals surface area contributed by atoms with Gasteiger partial charge >= 0.3 is 12.1 Å². The first-order valence-electron chi connectivity index (χ1n) is 9.70. The molecule has 1 saturated carbocycles. The lowest BCUT2D eigenvalue weighted by Gasteiger charge is -2.32. The molecular weight excluding hydrogens is 417 g/mol. The number of amides is 3. The molecule has 12 heteroatoms. The molecule has 0 radical (unpaired) electrons. The summed E-state index contributed by atoms with van der Waals surface area (Å²) in [7, 11) is 0. The Morgan fingerprint density at radius 1 is 1.19 bits per heavy atom. The molecule has 170 valence electrons. The minimum Gasteiger partial charge on any atom is -0.342 e. The van der Waals surface area contributed by atoms with Crippen molar-refractivity contribution in [1.29, 1.82) is 5.26 Å². The highest BCUT2D eigenvalue weighted by Gasteiger charge is 2.44. The van der Waals surface area contributed by atoms with E-state index in [2.05, 4.69) is 20.8 Å². The summed E-state index contributed by atoms with van der Waals surface area (Å²) in [5, 5.41) is 22.3. The second kappa shape index (κ2) is 9.36. The van der Waals surface area contributed by atoms with Gasteiger partial charge in [0.1, 0.15) is 12.1 Å². The highest BCUT2D eigenvalue weighted by molar-refractivity contribution is 5.93. The molecule has 1 aromatic heterocycles. The molecule has 0 aromatic carbocycles. The predicted molar refractivity (Wildman–Crippen MR) is 102 cm³/mol.